The van der Waals surface area contributed by atoms with Crippen LogP contribution in [-0.4, -0.2) is 55.8 Å². The number of hydrogen-bond donors (Lipinski definition) is 1. The molecular formula is C28H35FN2O3. The number of rotatable bonds is 5. The molecule has 3 atom stereocenters. The molecule has 3 aliphatic heterocycles. The summed E-state index contributed by atoms with van der Waals surface area (Å²) >= 11 is 0. The SMILES string of the molecule is CC(C)Oc1ccc([C@H]2CN(C(=O)C3(c4ccccc4F)CCOCC3)[C@@H]3CCNC[C@H]23)cc1. The van der Waals surface area contributed by atoms with Crippen LogP contribution in [0.15, 0.2) is 48.5 Å². The Balaban J connectivity index is 1.46. The fraction of sp³-hybridized carbons (Fsp3) is 0.536. The molecule has 2 aromatic rings. The number of amides is 1. The van der Waals surface area contributed by atoms with E-state index >= 15 is 4.39 Å². The maximum absolute atomic E-state index is 15.0. The highest BCUT2D eigenvalue weighted by Crippen LogP contribution is 2.45. The van der Waals surface area contributed by atoms with Gasteiger partial charge >= 0.3 is 0 Å². The molecule has 5 nitrogen and oxygen atoms in total. The van der Waals surface area contributed by atoms with Gasteiger partial charge in [0, 0.05) is 49.7 Å². The van der Waals surface area contributed by atoms with Crippen LogP contribution in [0, 0.1) is 11.7 Å². The molecule has 0 spiro atoms. The molecule has 0 bridgehead atoms. The molecule has 3 saturated heterocycles. The van der Waals surface area contributed by atoms with Gasteiger partial charge in [0.15, 0.2) is 0 Å². The standard InChI is InChI=1S/C28H35FN2O3/c1-19(2)34-21-9-7-20(8-10-21)23-18-31(26-11-14-30-17-22(23)26)27(32)28(12-15-33-16-13-28)24-5-3-4-6-25(24)29/h3-10,19,22-23,26,30H,11-18H2,1-2H3/t22-,23-,26-/m1/s1. The number of likely N-dealkylation sites (tertiary alicyclic amines) is 1. The van der Waals surface area contributed by atoms with E-state index in [0.29, 0.717) is 44.1 Å². The van der Waals surface area contributed by atoms with Crippen LogP contribution in [0.4, 0.5) is 4.39 Å². The summed E-state index contributed by atoms with van der Waals surface area (Å²) < 4.78 is 26.5. The predicted octanol–water partition coefficient (Wildman–Crippen LogP) is 4.27. The second-order valence-corrected chi connectivity index (χ2v) is 10.2. The van der Waals surface area contributed by atoms with Crippen molar-refractivity contribution in [3.8, 4) is 5.75 Å². The van der Waals surface area contributed by atoms with Gasteiger partial charge < -0.3 is 19.7 Å². The van der Waals surface area contributed by atoms with Crippen molar-refractivity contribution in [3.05, 3.63) is 65.5 Å². The highest BCUT2D eigenvalue weighted by atomic mass is 19.1. The minimum absolute atomic E-state index is 0.0695. The molecule has 34 heavy (non-hydrogen) atoms. The zero-order chi connectivity index (χ0) is 23.7. The minimum Gasteiger partial charge on any atom is -0.491 e. The van der Waals surface area contributed by atoms with Crippen LogP contribution in [0.3, 0.4) is 0 Å². The first kappa shape index (κ1) is 23.3. The van der Waals surface area contributed by atoms with Crippen LogP contribution in [0.25, 0.3) is 0 Å². The lowest BCUT2D eigenvalue weighted by atomic mass is 9.72. The summed E-state index contributed by atoms with van der Waals surface area (Å²) in [6.45, 7) is 7.45. The molecule has 0 unspecified atom stereocenters. The van der Waals surface area contributed by atoms with E-state index in [2.05, 4.69) is 22.3 Å². The molecule has 6 heteroatoms. The van der Waals surface area contributed by atoms with Crippen LogP contribution in [0.2, 0.25) is 0 Å². The Hall–Kier alpha value is -2.44. The molecule has 1 N–H and O–H groups in total. The van der Waals surface area contributed by atoms with Crippen molar-refractivity contribution >= 4 is 5.91 Å². The van der Waals surface area contributed by atoms with Gasteiger partial charge in [0.1, 0.15) is 11.6 Å². The van der Waals surface area contributed by atoms with Crippen LogP contribution in [0.5, 0.6) is 5.75 Å². The van der Waals surface area contributed by atoms with Gasteiger partial charge in [-0.05, 0) is 63.4 Å². The zero-order valence-electron chi connectivity index (χ0n) is 20.1. The number of nitrogens with zero attached hydrogens (tertiary/aromatic N) is 1. The van der Waals surface area contributed by atoms with Crippen LogP contribution >= 0.6 is 0 Å². The number of carbonyl (C=O) groups is 1. The van der Waals surface area contributed by atoms with E-state index in [0.717, 1.165) is 25.3 Å². The highest BCUT2D eigenvalue weighted by molar-refractivity contribution is 5.89. The Labute approximate surface area is 201 Å². The lowest BCUT2D eigenvalue weighted by molar-refractivity contribution is -0.143. The monoisotopic (exact) mass is 466 g/mol. The van der Waals surface area contributed by atoms with Crippen molar-refractivity contribution in [3.63, 3.8) is 0 Å². The third-order valence-corrected chi connectivity index (χ3v) is 7.89. The summed E-state index contributed by atoms with van der Waals surface area (Å²) in [6.07, 6.45) is 2.09. The maximum Gasteiger partial charge on any atom is 0.233 e. The fourth-order valence-electron chi connectivity index (χ4n) is 6.24. The number of nitrogens with one attached hydrogen (secondary N) is 1. The second kappa shape index (κ2) is 9.67. The third kappa shape index (κ3) is 4.22. The summed E-state index contributed by atoms with van der Waals surface area (Å²) in [6, 6.07) is 15.3. The molecule has 0 radical (unpaired) electrons. The van der Waals surface area contributed by atoms with Gasteiger partial charge in [0.25, 0.3) is 0 Å². The Morgan fingerprint density at radius 2 is 1.88 bits per heavy atom. The average Bonchev–Trinajstić information content (AvgIpc) is 3.24. The second-order valence-electron chi connectivity index (χ2n) is 10.2. The van der Waals surface area contributed by atoms with Crippen LogP contribution in [-0.2, 0) is 14.9 Å². The first-order valence-electron chi connectivity index (χ1n) is 12.6. The number of halogens is 1. The van der Waals surface area contributed by atoms with E-state index < -0.39 is 5.41 Å². The average molecular weight is 467 g/mol. The van der Waals surface area contributed by atoms with Gasteiger partial charge in [-0.3, -0.25) is 4.79 Å². The molecular weight excluding hydrogens is 431 g/mol. The first-order valence-corrected chi connectivity index (χ1v) is 12.6. The van der Waals surface area contributed by atoms with Gasteiger partial charge in [-0.25, -0.2) is 4.39 Å². The Morgan fingerprint density at radius 1 is 1.15 bits per heavy atom. The third-order valence-electron chi connectivity index (χ3n) is 7.89. The topological polar surface area (TPSA) is 50.8 Å². The fourth-order valence-corrected chi connectivity index (χ4v) is 6.24. The predicted molar refractivity (Wildman–Crippen MR) is 130 cm³/mol. The van der Waals surface area contributed by atoms with Crippen molar-refractivity contribution in [2.75, 3.05) is 32.8 Å². The van der Waals surface area contributed by atoms with E-state index in [4.69, 9.17) is 9.47 Å². The van der Waals surface area contributed by atoms with Crippen LogP contribution < -0.4 is 10.1 Å². The Kier molecular flexibility index (Phi) is 6.63. The molecule has 1 amide bonds. The van der Waals surface area contributed by atoms with E-state index in [-0.39, 0.29) is 29.8 Å². The normalized spacial score (nSPS) is 26.4. The number of carbonyl (C=O) groups excluding carboxylic acids is 1. The largest absolute Gasteiger partial charge is 0.491 e. The highest BCUT2D eigenvalue weighted by Gasteiger charge is 2.52. The van der Waals surface area contributed by atoms with Crippen LogP contribution in [0.1, 0.15) is 50.2 Å². The van der Waals surface area contributed by atoms with Gasteiger partial charge in [-0.15, -0.1) is 0 Å². The van der Waals surface area contributed by atoms with E-state index in [9.17, 15) is 4.79 Å². The number of piperidine rings is 1. The molecule has 2 aromatic carbocycles. The number of hydrogen-bond acceptors (Lipinski definition) is 4. The summed E-state index contributed by atoms with van der Waals surface area (Å²) in [5.74, 6) is 1.22. The van der Waals surface area contributed by atoms with E-state index in [1.807, 2.05) is 32.0 Å². The van der Waals surface area contributed by atoms with Crippen molar-refractivity contribution < 1.29 is 18.7 Å². The first-order chi connectivity index (χ1) is 16.5. The van der Waals surface area contributed by atoms with Gasteiger partial charge in [0.2, 0.25) is 5.91 Å². The smallest absolute Gasteiger partial charge is 0.233 e. The van der Waals surface area contributed by atoms with Crippen molar-refractivity contribution in [1.82, 2.24) is 10.2 Å². The summed E-state index contributed by atoms with van der Waals surface area (Å²) in [5, 5.41) is 3.54. The molecule has 3 heterocycles. The van der Waals surface area contributed by atoms with Crippen molar-refractivity contribution in [2.45, 2.75) is 56.6 Å². The van der Waals surface area contributed by atoms with Gasteiger partial charge in [0.05, 0.1) is 11.5 Å². The van der Waals surface area contributed by atoms with Gasteiger partial charge in [-0.1, -0.05) is 30.3 Å². The zero-order valence-corrected chi connectivity index (χ0v) is 20.1. The lowest BCUT2D eigenvalue weighted by Crippen LogP contribution is -2.54. The summed E-state index contributed by atoms with van der Waals surface area (Å²) in [7, 11) is 0. The van der Waals surface area contributed by atoms with Crippen molar-refractivity contribution in [2.24, 2.45) is 5.92 Å². The Bertz CT molecular complexity index is 1000. The Morgan fingerprint density at radius 3 is 2.59 bits per heavy atom. The molecule has 5 rings (SSSR count). The van der Waals surface area contributed by atoms with E-state index in [1.54, 1.807) is 12.1 Å². The summed E-state index contributed by atoms with van der Waals surface area (Å²) in [5.41, 5.74) is 0.896. The summed E-state index contributed by atoms with van der Waals surface area (Å²) in [4.78, 5) is 16.4. The molecule has 0 aromatic heterocycles. The quantitative estimate of drug-likeness (QED) is 0.715. The lowest BCUT2D eigenvalue weighted by Gasteiger charge is -2.42. The number of ether oxygens (including phenoxy) is 2. The number of benzene rings is 2. The maximum atomic E-state index is 15.0. The van der Waals surface area contributed by atoms with Gasteiger partial charge in [-0.2, -0.15) is 0 Å². The molecule has 0 saturated carbocycles. The van der Waals surface area contributed by atoms with E-state index in [1.165, 1.54) is 11.6 Å². The minimum atomic E-state index is -0.858. The molecule has 3 aliphatic rings. The molecule has 3 fully saturated rings. The van der Waals surface area contributed by atoms with Crippen molar-refractivity contribution in [1.29, 1.82) is 0 Å². The number of fused-ring (bicyclic) bond motifs is 1. The molecule has 182 valence electrons. The molecule has 0 aliphatic carbocycles.